The zero-order chi connectivity index (χ0) is 13.3. The van der Waals surface area contributed by atoms with Crippen molar-refractivity contribution in [3.63, 3.8) is 0 Å². The summed E-state index contributed by atoms with van der Waals surface area (Å²) in [5.74, 6) is -1.02. The second-order valence-corrected chi connectivity index (χ2v) is 3.94. The fraction of sp³-hybridized carbons (Fsp3) is 0.154. The molecule has 0 saturated heterocycles. The first-order chi connectivity index (χ1) is 8.56. The van der Waals surface area contributed by atoms with E-state index in [4.69, 9.17) is 5.11 Å². The zero-order valence-electron chi connectivity index (χ0n) is 10.0. The quantitative estimate of drug-likeness (QED) is 0.838. The minimum Gasteiger partial charge on any atom is -0.478 e. The van der Waals surface area contributed by atoms with Crippen LogP contribution >= 0.6 is 0 Å². The van der Waals surface area contributed by atoms with Crippen LogP contribution in [0.3, 0.4) is 0 Å². The average molecular weight is 244 g/mol. The third kappa shape index (κ3) is 1.79. The molecule has 0 spiro atoms. The molecular formula is C13H12N2O3. The van der Waals surface area contributed by atoms with E-state index in [9.17, 15) is 9.59 Å². The Labute approximate surface area is 104 Å². The standard InChI is InChI=1S/C13H12N2O3/c1-8-11(7-16)9(2)15(14-8)12-6-4-3-5-10(12)13(17)18/h3-7H,1-2H3,(H,17,18). The van der Waals surface area contributed by atoms with Crippen molar-refractivity contribution in [1.82, 2.24) is 9.78 Å². The molecular weight excluding hydrogens is 232 g/mol. The van der Waals surface area contributed by atoms with Gasteiger partial charge in [0.1, 0.15) is 0 Å². The van der Waals surface area contributed by atoms with Gasteiger partial charge in [-0.05, 0) is 26.0 Å². The highest BCUT2D eigenvalue weighted by Crippen LogP contribution is 2.19. The maximum atomic E-state index is 11.2. The number of carboxylic acid groups (broad SMARTS) is 1. The van der Waals surface area contributed by atoms with Gasteiger partial charge >= 0.3 is 5.97 Å². The minimum atomic E-state index is -1.02. The number of para-hydroxylation sites is 1. The Morgan fingerprint density at radius 2 is 2.00 bits per heavy atom. The number of aryl methyl sites for hydroxylation is 1. The number of aromatic nitrogens is 2. The summed E-state index contributed by atoms with van der Waals surface area (Å²) in [6.07, 6.45) is 0.734. The number of aromatic carboxylic acids is 1. The molecule has 5 nitrogen and oxygen atoms in total. The summed E-state index contributed by atoms with van der Waals surface area (Å²) in [7, 11) is 0. The molecule has 0 fully saturated rings. The molecule has 0 saturated carbocycles. The number of aldehydes is 1. The van der Waals surface area contributed by atoms with Crippen molar-refractivity contribution in [2.24, 2.45) is 0 Å². The SMILES string of the molecule is Cc1nn(-c2ccccc2C(=O)O)c(C)c1C=O. The molecule has 0 unspecified atom stereocenters. The van der Waals surface area contributed by atoms with Gasteiger partial charge in [-0.15, -0.1) is 0 Å². The summed E-state index contributed by atoms with van der Waals surface area (Å²) in [6, 6.07) is 6.56. The molecule has 0 aliphatic heterocycles. The summed E-state index contributed by atoms with van der Waals surface area (Å²) in [4.78, 5) is 22.1. The van der Waals surface area contributed by atoms with Crippen LogP contribution < -0.4 is 0 Å². The molecule has 1 heterocycles. The second kappa shape index (κ2) is 4.44. The van der Waals surface area contributed by atoms with E-state index in [1.54, 1.807) is 32.0 Å². The first kappa shape index (κ1) is 12.0. The summed E-state index contributed by atoms with van der Waals surface area (Å²) in [5, 5.41) is 13.4. The predicted octanol–water partition coefficient (Wildman–Crippen LogP) is 2.00. The topological polar surface area (TPSA) is 72.2 Å². The second-order valence-electron chi connectivity index (χ2n) is 3.94. The van der Waals surface area contributed by atoms with Crippen LogP contribution in [0.5, 0.6) is 0 Å². The monoisotopic (exact) mass is 244 g/mol. The zero-order valence-corrected chi connectivity index (χ0v) is 10.0. The van der Waals surface area contributed by atoms with Crippen LogP contribution in [0.25, 0.3) is 5.69 Å². The summed E-state index contributed by atoms with van der Waals surface area (Å²) in [6.45, 7) is 3.46. The van der Waals surface area contributed by atoms with E-state index in [0.29, 0.717) is 22.6 Å². The van der Waals surface area contributed by atoms with Crippen LogP contribution in [0, 0.1) is 13.8 Å². The van der Waals surface area contributed by atoms with Gasteiger partial charge in [0.15, 0.2) is 6.29 Å². The van der Waals surface area contributed by atoms with Gasteiger partial charge in [-0.2, -0.15) is 5.10 Å². The van der Waals surface area contributed by atoms with Crippen molar-refractivity contribution >= 4 is 12.3 Å². The Balaban J connectivity index is 2.70. The molecule has 0 aliphatic rings. The number of hydrogen-bond acceptors (Lipinski definition) is 3. The van der Waals surface area contributed by atoms with Gasteiger partial charge in [0.2, 0.25) is 0 Å². The average Bonchev–Trinajstić information content (AvgIpc) is 2.64. The van der Waals surface area contributed by atoms with Gasteiger partial charge in [0.05, 0.1) is 28.2 Å². The number of carboxylic acids is 1. The number of benzene rings is 1. The molecule has 2 rings (SSSR count). The minimum absolute atomic E-state index is 0.153. The lowest BCUT2D eigenvalue weighted by molar-refractivity contribution is 0.0696. The molecule has 0 radical (unpaired) electrons. The molecule has 2 aromatic rings. The van der Waals surface area contributed by atoms with E-state index in [2.05, 4.69) is 5.10 Å². The molecule has 0 atom stereocenters. The van der Waals surface area contributed by atoms with Crippen LogP contribution in [0.1, 0.15) is 32.1 Å². The van der Waals surface area contributed by atoms with Crippen LogP contribution in [0.15, 0.2) is 24.3 Å². The van der Waals surface area contributed by atoms with Crippen molar-refractivity contribution < 1.29 is 14.7 Å². The molecule has 1 aromatic carbocycles. The van der Waals surface area contributed by atoms with E-state index in [-0.39, 0.29) is 5.56 Å². The lowest BCUT2D eigenvalue weighted by atomic mass is 10.1. The number of nitrogens with zero attached hydrogens (tertiary/aromatic N) is 2. The first-order valence-corrected chi connectivity index (χ1v) is 5.40. The van der Waals surface area contributed by atoms with Crippen molar-refractivity contribution in [3.8, 4) is 5.69 Å². The Morgan fingerprint density at radius 1 is 1.33 bits per heavy atom. The third-order valence-corrected chi connectivity index (χ3v) is 2.83. The molecule has 1 N–H and O–H groups in total. The fourth-order valence-electron chi connectivity index (χ4n) is 1.90. The summed E-state index contributed by atoms with van der Waals surface area (Å²) < 4.78 is 1.49. The van der Waals surface area contributed by atoms with Gasteiger partial charge in [-0.3, -0.25) is 4.79 Å². The molecule has 1 aromatic heterocycles. The van der Waals surface area contributed by atoms with Crippen LogP contribution in [0.2, 0.25) is 0 Å². The maximum absolute atomic E-state index is 11.2. The molecule has 5 heteroatoms. The number of carbonyl (C=O) groups is 2. The van der Waals surface area contributed by atoms with E-state index < -0.39 is 5.97 Å². The number of carbonyl (C=O) groups excluding carboxylic acids is 1. The highest BCUT2D eigenvalue weighted by molar-refractivity contribution is 5.92. The van der Waals surface area contributed by atoms with Gasteiger partial charge < -0.3 is 5.11 Å². The summed E-state index contributed by atoms with van der Waals surface area (Å²) >= 11 is 0. The van der Waals surface area contributed by atoms with Crippen molar-refractivity contribution in [2.45, 2.75) is 13.8 Å². The Morgan fingerprint density at radius 3 is 2.56 bits per heavy atom. The van der Waals surface area contributed by atoms with E-state index in [0.717, 1.165) is 6.29 Å². The van der Waals surface area contributed by atoms with Crippen LogP contribution in [-0.2, 0) is 0 Å². The van der Waals surface area contributed by atoms with E-state index in [1.807, 2.05) is 0 Å². The van der Waals surface area contributed by atoms with Crippen LogP contribution in [-0.4, -0.2) is 27.1 Å². The molecule has 92 valence electrons. The van der Waals surface area contributed by atoms with Crippen molar-refractivity contribution in [2.75, 3.05) is 0 Å². The van der Waals surface area contributed by atoms with Gasteiger partial charge in [0, 0.05) is 0 Å². The summed E-state index contributed by atoms with van der Waals surface area (Å²) in [5.41, 5.74) is 2.33. The van der Waals surface area contributed by atoms with Crippen molar-refractivity contribution in [1.29, 1.82) is 0 Å². The lowest BCUT2D eigenvalue weighted by Gasteiger charge is -2.07. The largest absolute Gasteiger partial charge is 0.478 e. The van der Waals surface area contributed by atoms with Crippen molar-refractivity contribution in [3.05, 3.63) is 46.8 Å². The molecule has 0 aliphatic carbocycles. The predicted molar refractivity (Wildman–Crippen MR) is 65.4 cm³/mol. The van der Waals surface area contributed by atoms with E-state index in [1.165, 1.54) is 10.7 Å². The molecule has 0 amide bonds. The molecule has 18 heavy (non-hydrogen) atoms. The number of rotatable bonds is 3. The highest BCUT2D eigenvalue weighted by Gasteiger charge is 2.16. The Kier molecular flexibility index (Phi) is 2.97. The normalized spacial score (nSPS) is 10.3. The fourth-order valence-corrected chi connectivity index (χ4v) is 1.90. The van der Waals surface area contributed by atoms with Gasteiger partial charge in [0.25, 0.3) is 0 Å². The maximum Gasteiger partial charge on any atom is 0.337 e. The van der Waals surface area contributed by atoms with Gasteiger partial charge in [-0.1, -0.05) is 12.1 Å². The number of hydrogen-bond donors (Lipinski definition) is 1. The molecule has 0 bridgehead atoms. The Hall–Kier alpha value is -2.43. The Bertz CT molecular complexity index is 629. The highest BCUT2D eigenvalue weighted by atomic mass is 16.4. The van der Waals surface area contributed by atoms with Gasteiger partial charge in [-0.25, -0.2) is 9.48 Å². The third-order valence-electron chi connectivity index (χ3n) is 2.83. The van der Waals surface area contributed by atoms with Crippen LogP contribution in [0.4, 0.5) is 0 Å². The smallest absolute Gasteiger partial charge is 0.337 e. The van der Waals surface area contributed by atoms with E-state index >= 15 is 0 Å². The first-order valence-electron chi connectivity index (χ1n) is 5.40. The lowest BCUT2D eigenvalue weighted by Crippen LogP contribution is -2.07.